The van der Waals surface area contributed by atoms with Gasteiger partial charge in [-0.1, -0.05) is 6.42 Å². The Bertz CT molecular complexity index is 468. The Kier molecular flexibility index (Phi) is 1.60. The highest BCUT2D eigenvalue weighted by Gasteiger charge is 2.22. The van der Waals surface area contributed by atoms with E-state index in [1.165, 1.54) is 30.5 Å². The van der Waals surface area contributed by atoms with Crippen molar-refractivity contribution in [3.63, 3.8) is 0 Å². The lowest BCUT2D eigenvalue weighted by atomic mass is 9.83. The summed E-state index contributed by atoms with van der Waals surface area (Å²) in [6.07, 6.45) is 7.84. The van der Waals surface area contributed by atoms with Gasteiger partial charge in [-0.2, -0.15) is 5.10 Å². The molecule has 3 rings (SSSR count). The van der Waals surface area contributed by atoms with Crippen molar-refractivity contribution in [1.29, 1.82) is 0 Å². The summed E-state index contributed by atoms with van der Waals surface area (Å²) >= 11 is 0. The number of aryl methyl sites for hydroxylation is 1. The monoisotopic (exact) mass is 187 g/mol. The predicted molar refractivity (Wildman–Crippen MR) is 54.3 cm³/mol. The number of hydrogen-bond donors (Lipinski definition) is 0. The van der Waals surface area contributed by atoms with Gasteiger partial charge in [0, 0.05) is 12.1 Å². The average Bonchev–Trinajstić information content (AvgIpc) is 2.46. The van der Waals surface area contributed by atoms with Crippen molar-refractivity contribution in [3.8, 4) is 0 Å². The zero-order valence-corrected chi connectivity index (χ0v) is 8.27. The second kappa shape index (κ2) is 2.80. The fourth-order valence-electron chi connectivity index (χ4n) is 1.94. The average molecular weight is 187 g/mol. The van der Waals surface area contributed by atoms with Crippen LogP contribution < -0.4 is 0 Å². The van der Waals surface area contributed by atoms with Crippen molar-refractivity contribution in [2.45, 2.75) is 32.1 Å². The molecule has 0 atom stereocenters. The van der Waals surface area contributed by atoms with Crippen molar-refractivity contribution in [1.82, 2.24) is 14.6 Å². The maximum absolute atomic E-state index is 4.63. The normalized spacial score (nSPS) is 17.2. The molecule has 72 valence electrons. The first-order chi connectivity index (χ1) is 6.84. The van der Waals surface area contributed by atoms with E-state index < -0.39 is 0 Å². The van der Waals surface area contributed by atoms with E-state index in [0.717, 1.165) is 5.65 Å². The van der Waals surface area contributed by atoms with Crippen LogP contribution in [0.1, 0.15) is 36.4 Å². The number of imidazole rings is 1. The predicted octanol–water partition coefficient (Wildman–Crippen LogP) is 2.31. The molecule has 1 saturated carbocycles. The molecule has 2 aromatic rings. The summed E-state index contributed by atoms with van der Waals surface area (Å²) in [5.74, 6) is 0.691. The molecule has 0 N–H and O–H groups in total. The third-order valence-electron chi connectivity index (χ3n) is 3.10. The molecule has 0 saturated heterocycles. The molecule has 0 bridgehead atoms. The summed E-state index contributed by atoms with van der Waals surface area (Å²) in [5.41, 5.74) is 3.43. The summed E-state index contributed by atoms with van der Waals surface area (Å²) in [4.78, 5) is 4.63. The molecular formula is C11H13N3. The van der Waals surface area contributed by atoms with Gasteiger partial charge in [0.25, 0.3) is 0 Å². The number of aromatic nitrogens is 3. The van der Waals surface area contributed by atoms with E-state index in [2.05, 4.69) is 23.2 Å². The molecule has 2 heterocycles. The van der Waals surface area contributed by atoms with Gasteiger partial charge in [-0.3, -0.25) is 0 Å². The highest BCUT2D eigenvalue weighted by Crippen LogP contribution is 2.35. The van der Waals surface area contributed by atoms with E-state index >= 15 is 0 Å². The standard InChI is InChI=1S/C11H13N3/c1-8-5-6-12-14-7-10(13-11(8)14)9-3-2-4-9/h5-7,9H,2-4H2,1H3. The molecule has 3 heteroatoms. The summed E-state index contributed by atoms with van der Waals surface area (Å²) in [5, 5.41) is 4.26. The van der Waals surface area contributed by atoms with E-state index in [0.29, 0.717) is 5.92 Å². The molecule has 1 fully saturated rings. The van der Waals surface area contributed by atoms with Gasteiger partial charge in [0.1, 0.15) is 0 Å². The van der Waals surface area contributed by atoms with Crippen molar-refractivity contribution in [2.75, 3.05) is 0 Å². The number of nitrogens with zero attached hydrogens (tertiary/aromatic N) is 3. The maximum atomic E-state index is 4.63. The molecule has 3 nitrogen and oxygen atoms in total. The van der Waals surface area contributed by atoms with Gasteiger partial charge in [0.15, 0.2) is 5.65 Å². The van der Waals surface area contributed by atoms with Crippen LogP contribution in [0.5, 0.6) is 0 Å². The van der Waals surface area contributed by atoms with Gasteiger partial charge in [0.2, 0.25) is 0 Å². The van der Waals surface area contributed by atoms with Crippen LogP contribution in [0.25, 0.3) is 5.65 Å². The number of rotatable bonds is 1. The summed E-state index contributed by atoms with van der Waals surface area (Å²) in [7, 11) is 0. The smallest absolute Gasteiger partial charge is 0.156 e. The Morgan fingerprint density at radius 1 is 1.43 bits per heavy atom. The van der Waals surface area contributed by atoms with Gasteiger partial charge in [0.05, 0.1) is 11.9 Å². The Labute approximate surface area is 82.8 Å². The fourth-order valence-corrected chi connectivity index (χ4v) is 1.94. The number of fused-ring (bicyclic) bond motifs is 1. The minimum Gasteiger partial charge on any atom is -0.232 e. The van der Waals surface area contributed by atoms with Crippen LogP contribution in [-0.2, 0) is 0 Å². The summed E-state index contributed by atoms with van der Waals surface area (Å²) < 4.78 is 1.89. The van der Waals surface area contributed by atoms with E-state index in [1.54, 1.807) is 0 Å². The Morgan fingerprint density at radius 2 is 2.29 bits per heavy atom. The molecule has 0 aromatic carbocycles. The van der Waals surface area contributed by atoms with Gasteiger partial charge >= 0.3 is 0 Å². The van der Waals surface area contributed by atoms with Crippen LogP contribution in [-0.4, -0.2) is 14.6 Å². The molecule has 1 aliphatic rings. The molecule has 0 spiro atoms. The van der Waals surface area contributed by atoms with Crippen LogP contribution in [0.4, 0.5) is 0 Å². The van der Waals surface area contributed by atoms with Crippen molar-refractivity contribution < 1.29 is 0 Å². The topological polar surface area (TPSA) is 30.2 Å². The molecule has 0 radical (unpaired) electrons. The van der Waals surface area contributed by atoms with E-state index in [1.807, 2.05) is 16.8 Å². The molecule has 1 aliphatic carbocycles. The largest absolute Gasteiger partial charge is 0.232 e. The second-order valence-corrected chi connectivity index (χ2v) is 4.08. The summed E-state index contributed by atoms with van der Waals surface area (Å²) in [6.45, 7) is 2.08. The van der Waals surface area contributed by atoms with Crippen LogP contribution in [0, 0.1) is 6.92 Å². The molecule has 2 aromatic heterocycles. The van der Waals surface area contributed by atoms with Gasteiger partial charge in [-0.15, -0.1) is 0 Å². The second-order valence-electron chi connectivity index (χ2n) is 4.08. The van der Waals surface area contributed by atoms with Crippen LogP contribution in [0.15, 0.2) is 18.5 Å². The number of hydrogen-bond acceptors (Lipinski definition) is 2. The van der Waals surface area contributed by atoms with E-state index in [-0.39, 0.29) is 0 Å². The van der Waals surface area contributed by atoms with Gasteiger partial charge < -0.3 is 0 Å². The lowest BCUT2D eigenvalue weighted by Gasteiger charge is -2.22. The quantitative estimate of drug-likeness (QED) is 0.685. The fraction of sp³-hybridized carbons (Fsp3) is 0.455. The Morgan fingerprint density at radius 3 is 2.93 bits per heavy atom. The van der Waals surface area contributed by atoms with Gasteiger partial charge in [-0.05, 0) is 31.4 Å². The zero-order chi connectivity index (χ0) is 9.54. The molecule has 0 amide bonds. The van der Waals surface area contributed by atoms with Crippen molar-refractivity contribution >= 4 is 5.65 Å². The minimum absolute atomic E-state index is 0.691. The Balaban J connectivity index is 2.15. The first-order valence-electron chi connectivity index (χ1n) is 5.15. The van der Waals surface area contributed by atoms with Crippen molar-refractivity contribution in [3.05, 3.63) is 29.7 Å². The Hall–Kier alpha value is -1.38. The van der Waals surface area contributed by atoms with Crippen molar-refractivity contribution in [2.24, 2.45) is 0 Å². The first kappa shape index (κ1) is 7.97. The lowest BCUT2D eigenvalue weighted by molar-refractivity contribution is 0.412. The van der Waals surface area contributed by atoms with Crippen LogP contribution >= 0.6 is 0 Å². The lowest BCUT2D eigenvalue weighted by Crippen LogP contribution is -2.08. The molecular weight excluding hydrogens is 174 g/mol. The first-order valence-corrected chi connectivity index (χ1v) is 5.15. The zero-order valence-electron chi connectivity index (χ0n) is 8.27. The highest BCUT2D eigenvalue weighted by atomic mass is 15.2. The SMILES string of the molecule is Cc1ccnn2cc(C3CCC3)nc12. The minimum atomic E-state index is 0.691. The maximum Gasteiger partial charge on any atom is 0.156 e. The van der Waals surface area contributed by atoms with Crippen LogP contribution in [0.2, 0.25) is 0 Å². The molecule has 14 heavy (non-hydrogen) atoms. The van der Waals surface area contributed by atoms with E-state index in [9.17, 15) is 0 Å². The third kappa shape index (κ3) is 1.05. The molecule has 0 aliphatic heterocycles. The highest BCUT2D eigenvalue weighted by molar-refractivity contribution is 5.46. The van der Waals surface area contributed by atoms with Crippen LogP contribution in [0.3, 0.4) is 0 Å². The van der Waals surface area contributed by atoms with Gasteiger partial charge in [-0.25, -0.2) is 9.50 Å². The molecule has 0 unspecified atom stereocenters. The third-order valence-corrected chi connectivity index (χ3v) is 3.10. The van der Waals surface area contributed by atoms with E-state index in [4.69, 9.17) is 0 Å². The summed E-state index contributed by atoms with van der Waals surface area (Å²) in [6, 6.07) is 2.01.